The summed E-state index contributed by atoms with van der Waals surface area (Å²) in [7, 11) is 0. The van der Waals surface area contributed by atoms with E-state index in [1.54, 1.807) is 12.1 Å². The Bertz CT molecular complexity index is 758. The van der Waals surface area contributed by atoms with Crippen LogP contribution in [0, 0.1) is 16.0 Å². The number of benzene rings is 2. The Morgan fingerprint density at radius 2 is 2.00 bits per heavy atom. The molecule has 0 N–H and O–H groups in total. The number of non-ortho nitro benzene ring substituents is 1. The largest absolute Gasteiger partial charge is 0.338 e. The van der Waals surface area contributed by atoms with Gasteiger partial charge in [-0.15, -0.1) is 0 Å². The van der Waals surface area contributed by atoms with Crippen LogP contribution >= 0.6 is 0 Å². The third-order valence-corrected chi connectivity index (χ3v) is 3.75. The summed E-state index contributed by atoms with van der Waals surface area (Å²) in [5.74, 6) is -0.350. The molecule has 0 bridgehead atoms. The van der Waals surface area contributed by atoms with Crippen LogP contribution in [0.2, 0.25) is 0 Å². The fourth-order valence-electron chi connectivity index (χ4n) is 2.45. The maximum Gasteiger partial charge on any atom is 0.338 e. The quantitative estimate of drug-likeness (QED) is 0.367. The van der Waals surface area contributed by atoms with Crippen molar-refractivity contribution in [1.82, 2.24) is 0 Å². The summed E-state index contributed by atoms with van der Waals surface area (Å²) in [6.07, 6.45) is 2.06. The summed E-state index contributed by atoms with van der Waals surface area (Å²) in [5.41, 5.74) is 1.59. The van der Waals surface area contributed by atoms with Gasteiger partial charge in [0.1, 0.15) is 0 Å². The normalized spacial score (nSPS) is 19.5. The summed E-state index contributed by atoms with van der Waals surface area (Å²) >= 11 is 0. The molecule has 1 fully saturated rings. The van der Waals surface area contributed by atoms with Crippen molar-refractivity contribution < 1.29 is 14.6 Å². The predicted molar refractivity (Wildman–Crippen MR) is 84.1 cm³/mol. The van der Waals surface area contributed by atoms with Gasteiger partial charge in [-0.1, -0.05) is 47.6 Å². The third kappa shape index (κ3) is 3.60. The van der Waals surface area contributed by atoms with Crippen LogP contribution in [0.4, 0.5) is 5.69 Å². The molecular weight excluding hydrogens is 296 g/mol. The molecule has 1 aliphatic rings. The number of oxime groups is 1. The second-order valence-electron chi connectivity index (χ2n) is 5.36. The van der Waals surface area contributed by atoms with Gasteiger partial charge in [0, 0.05) is 17.7 Å². The van der Waals surface area contributed by atoms with E-state index in [0.29, 0.717) is 5.56 Å². The average Bonchev–Trinajstić information content (AvgIpc) is 3.36. The predicted octanol–water partition coefficient (Wildman–Crippen LogP) is 3.28. The van der Waals surface area contributed by atoms with Crippen LogP contribution in [0.3, 0.4) is 0 Å². The van der Waals surface area contributed by atoms with E-state index in [4.69, 9.17) is 4.84 Å². The lowest BCUT2D eigenvalue weighted by molar-refractivity contribution is -0.384. The molecule has 0 radical (unpaired) electrons. The molecule has 2 aromatic carbocycles. The molecule has 2 atom stereocenters. The SMILES string of the molecule is O=C(O/N=C/c1cccc([N+](=O)[O-])c1)C1CC1c1ccccc1. The maximum atomic E-state index is 11.9. The molecular formula is C17H14N2O4. The first-order valence-electron chi connectivity index (χ1n) is 7.19. The highest BCUT2D eigenvalue weighted by Gasteiger charge is 2.45. The maximum absolute atomic E-state index is 11.9. The molecule has 116 valence electrons. The Labute approximate surface area is 132 Å². The smallest absolute Gasteiger partial charge is 0.318 e. The second kappa shape index (κ2) is 6.39. The van der Waals surface area contributed by atoms with Crippen LogP contribution in [-0.4, -0.2) is 17.1 Å². The van der Waals surface area contributed by atoms with Crippen LogP contribution in [0.5, 0.6) is 0 Å². The molecule has 0 aliphatic heterocycles. The van der Waals surface area contributed by atoms with Gasteiger partial charge >= 0.3 is 5.97 Å². The number of carbonyl (C=O) groups is 1. The fourth-order valence-corrected chi connectivity index (χ4v) is 2.45. The average molecular weight is 310 g/mol. The minimum Gasteiger partial charge on any atom is -0.318 e. The number of rotatable bonds is 5. The first-order chi connectivity index (χ1) is 11.1. The van der Waals surface area contributed by atoms with Crippen molar-refractivity contribution in [2.45, 2.75) is 12.3 Å². The Morgan fingerprint density at radius 1 is 1.22 bits per heavy atom. The van der Waals surface area contributed by atoms with Crippen LogP contribution in [-0.2, 0) is 9.63 Å². The number of nitro benzene ring substituents is 1. The lowest BCUT2D eigenvalue weighted by Crippen LogP contribution is -2.04. The summed E-state index contributed by atoms with van der Waals surface area (Å²) in [4.78, 5) is 27.0. The van der Waals surface area contributed by atoms with Crippen molar-refractivity contribution in [3.63, 3.8) is 0 Å². The van der Waals surface area contributed by atoms with Gasteiger partial charge in [0.2, 0.25) is 0 Å². The molecule has 23 heavy (non-hydrogen) atoms. The Balaban J connectivity index is 1.56. The van der Waals surface area contributed by atoms with E-state index in [1.807, 2.05) is 30.3 Å². The molecule has 0 heterocycles. The minimum atomic E-state index is -0.488. The van der Waals surface area contributed by atoms with E-state index < -0.39 is 4.92 Å². The molecule has 0 aromatic heterocycles. The van der Waals surface area contributed by atoms with Gasteiger partial charge in [-0.2, -0.15) is 0 Å². The third-order valence-electron chi connectivity index (χ3n) is 3.75. The zero-order valence-electron chi connectivity index (χ0n) is 12.2. The van der Waals surface area contributed by atoms with Gasteiger partial charge in [-0.05, 0) is 17.9 Å². The van der Waals surface area contributed by atoms with E-state index in [0.717, 1.165) is 12.0 Å². The zero-order valence-corrected chi connectivity index (χ0v) is 12.2. The van der Waals surface area contributed by atoms with Crippen molar-refractivity contribution in [3.8, 4) is 0 Å². The molecule has 3 rings (SSSR count). The summed E-state index contributed by atoms with van der Waals surface area (Å²) in [6.45, 7) is 0. The van der Waals surface area contributed by atoms with Crippen LogP contribution in [0.25, 0.3) is 0 Å². The standard InChI is InChI=1S/C17H14N2O4/c20-17(16-10-15(16)13-6-2-1-3-7-13)23-18-11-12-5-4-8-14(9-12)19(21)22/h1-9,11,15-16H,10H2/b18-11+. The lowest BCUT2D eigenvalue weighted by atomic mass is 10.1. The number of hydrogen-bond acceptors (Lipinski definition) is 5. The van der Waals surface area contributed by atoms with Gasteiger partial charge in [-0.25, -0.2) is 4.79 Å². The topological polar surface area (TPSA) is 81.8 Å². The number of nitrogens with zero attached hydrogens (tertiary/aromatic N) is 2. The summed E-state index contributed by atoms with van der Waals surface area (Å²) < 4.78 is 0. The highest BCUT2D eigenvalue weighted by Crippen LogP contribution is 2.48. The highest BCUT2D eigenvalue weighted by molar-refractivity contribution is 5.82. The van der Waals surface area contributed by atoms with Crippen LogP contribution < -0.4 is 0 Å². The van der Waals surface area contributed by atoms with Gasteiger partial charge in [0.25, 0.3) is 5.69 Å². The summed E-state index contributed by atoms with van der Waals surface area (Å²) in [5, 5.41) is 14.3. The molecule has 1 saturated carbocycles. The molecule has 1 aliphatic carbocycles. The first kappa shape index (κ1) is 14.9. The first-order valence-corrected chi connectivity index (χ1v) is 7.19. The van der Waals surface area contributed by atoms with Gasteiger partial charge in [0.05, 0.1) is 17.1 Å². The highest BCUT2D eigenvalue weighted by atomic mass is 16.7. The van der Waals surface area contributed by atoms with E-state index in [9.17, 15) is 14.9 Å². The number of carbonyl (C=O) groups excluding carboxylic acids is 1. The monoisotopic (exact) mass is 310 g/mol. The van der Waals surface area contributed by atoms with Crippen molar-refractivity contribution in [1.29, 1.82) is 0 Å². The second-order valence-corrected chi connectivity index (χ2v) is 5.36. The van der Waals surface area contributed by atoms with Crippen LogP contribution in [0.15, 0.2) is 59.8 Å². The van der Waals surface area contributed by atoms with Gasteiger partial charge in [-0.3, -0.25) is 10.1 Å². The summed E-state index contributed by atoms with van der Waals surface area (Å²) in [6, 6.07) is 15.7. The fraction of sp³-hybridized carbons (Fsp3) is 0.176. The van der Waals surface area contributed by atoms with Gasteiger partial charge in [0.15, 0.2) is 0 Å². The van der Waals surface area contributed by atoms with Crippen molar-refractivity contribution in [2.75, 3.05) is 0 Å². The molecule has 0 amide bonds. The molecule has 0 spiro atoms. The van der Waals surface area contributed by atoms with E-state index >= 15 is 0 Å². The molecule has 2 aromatic rings. The Hall–Kier alpha value is -3.02. The molecule has 2 unspecified atom stereocenters. The molecule has 6 heteroatoms. The lowest BCUT2D eigenvalue weighted by Gasteiger charge is -1.98. The Morgan fingerprint density at radius 3 is 2.74 bits per heavy atom. The Kier molecular flexibility index (Phi) is 4.14. The van der Waals surface area contributed by atoms with E-state index in [-0.39, 0.29) is 23.5 Å². The molecule has 0 saturated heterocycles. The van der Waals surface area contributed by atoms with E-state index in [1.165, 1.54) is 18.3 Å². The van der Waals surface area contributed by atoms with E-state index in [2.05, 4.69) is 5.16 Å². The zero-order chi connectivity index (χ0) is 16.2. The van der Waals surface area contributed by atoms with Crippen molar-refractivity contribution >= 4 is 17.9 Å². The molecule has 6 nitrogen and oxygen atoms in total. The van der Waals surface area contributed by atoms with Crippen molar-refractivity contribution in [2.24, 2.45) is 11.1 Å². The van der Waals surface area contributed by atoms with Gasteiger partial charge < -0.3 is 4.84 Å². The number of nitro groups is 1. The minimum absolute atomic E-state index is 0.0355. The number of hydrogen-bond donors (Lipinski definition) is 0. The van der Waals surface area contributed by atoms with Crippen molar-refractivity contribution in [3.05, 3.63) is 75.8 Å². The van der Waals surface area contributed by atoms with Crippen LogP contribution in [0.1, 0.15) is 23.5 Å².